The predicted molar refractivity (Wildman–Crippen MR) is 24.1 cm³/mol. The largest absolute Gasteiger partial charge is 0.464 e. The summed E-state index contributed by atoms with van der Waals surface area (Å²) in [6.07, 6.45) is -5.51. The molecule has 0 N–H and O–H groups in total. The molecule has 0 atom stereocenters. The molecule has 0 aromatic carbocycles. The number of esters is 1. The van der Waals surface area contributed by atoms with Crippen LogP contribution in [-0.4, -0.2) is 25.1 Å². The van der Waals surface area contributed by atoms with Gasteiger partial charge in [-0.15, -0.1) is 4.94 Å². The highest BCUT2D eigenvalue weighted by molar-refractivity contribution is 5.78. The number of methoxy groups -OCH3 is 1. The highest BCUT2D eigenvalue weighted by Gasteiger charge is 2.66. The predicted octanol–water partition coefficient (Wildman–Crippen LogP) is 1.29. The van der Waals surface area contributed by atoms with Gasteiger partial charge in [0.2, 0.25) is 0 Å². The van der Waals surface area contributed by atoms with Gasteiger partial charge in [-0.05, 0) is 4.53 Å². The van der Waals surface area contributed by atoms with Crippen molar-refractivity contribution in [2.75, 3.05) is 7.11 Å². The van der Waals surface area contributed by atoms with Crippen LogP contribution in [0.3, 0.4) is 0 Å². The molecule has 0 aliphatic rings. The minimum Gasteiger partial charge on any atom is -0.464 e. The zero-order chi connectivity index (χ0) is 9.99. The van der Waals surface area contributed by atoms with Crippen LogP contribution in [0, 0.1) is 0 Å². The Kier molecular flexibility index (Phi) is 2.97. The van der Waals surface area contributed by atoms with Gasteiger partial charge in [0.05, 0.1) is 7.11 Å². The van der Waals surface area contributed by atoms with Gasteiger partial charge in [-0.2, -0.15) is 17.6 Å². The van der Waals surface area contributed by atoms with E-state index in [1.54, 1.807) is 4.94 Å². The number of carbonyl (C=O) groups is 1. The minimum atomic E-state index is -5.51. The first-order valence-corrected chi connectivity index (χ1v) is 2.43. The third-order valence-electron chi connectivity index (χ3n) is 0.904. The van der Waals surface area contributed by atoms with Crippen molar-refractivity contribution < 1.29 is 36.6 Å². The molecule has 0 spiro atoms. The average Bonchev–Trinajstić information content (AvgIpc) is 2.02. The molecule has 0 saturated heterocycles. The first kappa shape index (κ1) is 11.1. The van der Waals surface area contributed by atoms with E-state index in [0.717, 1.165) is 0 Å². The maximum absolute atomic E-state index is 12.0. The molecule has 0 aromatic heterocycles. The lowest BCUT2D eigenvalue weighted by molar-refractivity contribution is -0.415. The topological polar surface area (TPSA) is 35.5 Å². The van der Waals surface area contributed by atoms with Crippen molar-refractivity contribution >= 4 is 5.97 Å². The summed E-state index contributed by atoms with van der Waals surface area (Å²) in [6, 6.07) is 0. The van der Waals surface area contributed by atoms with Crippen LogP contribution in [0.4, 0.5) is 22.1 Å². The smallest absolute Gasteiger partial charge is 0.461 e. The Morgan fingerprint density at radius 2 is 1.67 bits per heavy atom. The van der Waals surface area contributed by atoms with E-state index in [4.69, 9.17) is 0 Å². The summed E-state index contributed by atoms with van der Waals surface area (Å²) in [6.45, 7) is 0. The second-order valence-electron chi connectivity index (χ2n) is 1.66. The third kappa shape index (κ3) is 1.63. The maximum atomic E-state index is 12.0. The van der Waals surface area contributed by atoms with E-state index in [1.165, 1.54) is 0 Å². The summed E-state index contributed by atoms with van der Waals surface area (Å²) >= 11 is 0. The molecule has 0 bridgehead atoms. The van der Waals surface area contributed by atoms with Gasteiger partial charge in [-0.1, -0.05) is 0 Å². The molecule has 8 heteroatoms. The third-order valence-corrected chi connectivity index (χ3v) is 0.904. The first-order chi connectivity index (χ1) is 5.29. The van der Waals surface area contributed by atoms with E-state index < -0.39 is 18.0 Å². The van der Waals surface area contributed by atoms with Gasteiger partial charge >= 0.3 is 18.0 Å². The van der Waals surface area contributed by atoms with Crippen LogP contribution in [0.25, 0.3) is 0 Å². The zero-order valence-electron chi connectivity index (χ0n) is 5.61. The summed E-state index contributed by atoms with van der Waals surface area (Å²) in [5.41, 5.74) is 0. The fourth-order valence-electron chi connectivity index (χ4n) is 0.295. The quantitative estimate of drug-likeness (QED) is 0.501. The van der Waals surface area contributed by atoms with E-state index in [9.17, 15) is 26.9 Å². The number of rotatable bonds is 3. The van der Waals surface area contributed by atoms with Crippen molar-refractivity contribution in [3.8, 4) is 0 Å². The molecular formula is C4H3F5O3. The standard InChI is InChI=1S/C4H3F5O3/c1-11-2(10)3(5,6)4(7,8)12-9/h1H3. The van der Waals surface area contributed by atoms with Crippen LogP contribution in [0.2, 0.25) is 0 Å². The van der Waals surface area contributed by atoms with Crippen molar-refractivity contribution in [1.82, 2.24) is 0 Å². The van der Waals surface area contributed by atoms with Gasteiger partial charge in [0, 0.05) is 0 Å². The van der Waals surface area contributed by atoms with Gasteiger partial charge < -0.3 is 4.74 Å². The van der Waals surface area contributed by atoms with Crippen molar-refractivity contribution in [1.29, 1.82) is 0 Å². The Morgan fingerprint density at radius 3 is 1.92 bits per heavy atom. The average molecular weight is 194 g/mol. The Morgan fingerprint density at radius 1 is 1.25 bits per heavy atom. The van der Waals surface area contributed by atoms with Crippen molar-refractivity contribution in [3.05, 3.63) is 0 Å². The Bertz CT molecular complexity index is 180. The number of hydrogen-bond acceptors (Lipinski definition) is 3. The lowest BCUT2D eigenvalue weighted by Crippen LogP contribution is -2.48. The normalized spacial score (nSPS) is 12.8. The Labute approximate surface area is 63.0 Å². The van der Waals surface area contributed by atoms with Crippen LogP contribution in [0.5, 0.6) is 0 Å². The molecule has 0 saturated carbocycles. The fourth-order valence-corrected chi connectivity index (χ4v) is 0.295. The molecule has 0 heterocycles. The highest BCUT2D eigenvalue weighted by atomic mass is 19.4. The van der Waals surface area contributed by atoms with Crippen molar-refractivity contribution in [2.24, 2.45) is 0 Å². The second-order valence-corrected chi connectivity index (χ2v) is 1.66. The molecule has 0 unspecified atom stereocenters. The summed E-state index contributed by atoms with van der Waals surface area (Å²) < 4.78 is 61.6. The molecule has 0 aliphatic heterocycles. The van der Waals surface area contributed by atoms with Gasteiger partial charge in [0.1, 0.15) is 0 Å². The van der Waals surface area contributed by atoms with E-state index >= 15 is 0 Å². The van der Waals surface area contributed by atoms with E-state index in [0.29, 0.717) is 7.11 Å². The van der Waals surface area contributed by atoms with Crippen LogP contribution in [-0.2, 0) is 14.5 Å². The molecule has 0 amide bonds. The molecular weight excluding hydrogens is 191 g/mol. The number of carbonyl (C=O) groups excluding carboxylic acids is 1. The van der Waals surface area contributed by atoms with Crippen LogP contribution in [0.15, 0.2) is 0 Å². The summed E-state index contributed by atoms with van der Waals surface area (Å²) in [5.74, 6) is -7.92. The number of hydrogen-bond donors (Lipinski definition) is 0. The summed E-state index contributed by atoms with van der Waals surface area (Å²) in [7, 11) is 0.449. The van der Waals surface area contributed by atoms with E-state index in [1.807, 2.05) is 0 Å². The lowest BCUT2D eigenvalue weighted by Gasteiger charge is -2.18. The monoisotopic (exact) mass is 194 g/mol. The number of halogens is 5. The molecule has 12 heavy (non-hydrogen) atoms. The summed E-state index contributed by atoms with van der Waals surface area (Å²) in [5, 5.41) is 0. The van der Waals surface area contributed by atoms with E-state index in [2.05, 4.69) is 4.74 Å². The van der Waals surface area contributed by atoms with Gasteiger partial charge in [-0.3, -0.25) is 0 Å². The number of ether oxygens (including phenoxy) is 1. The Hall–Kier alpha value is -0.920. The zero-order valence-corrected chi connectivity index (χ0v) is 5.61. The minimum absolute atomic E-state index is 0.449. The molecule has 0 radical (unpaired) electrons. The fraction of sp³-hybridized carbons (Fsp3) is 0.750. The van der Waals surface area contributed by atoms with Crippen LogP contribution in [0.1, 0.15) is 0 Å². The number of alkyl halides is 4. The van der Waals surface area contributed by atoms with Gasteiger partial charge in [-0.25, -0.2) is 4.79 Å². The molecule has 0 aromatic rings. The maximum Gasteiger partial charge on any atom is 0.461 e. The molecule has 0 fully saturated rings. The van der Waals surface area contributed by atoms with Gasteiger partial charge in [0.15, 0.2) is 0 Å². The Balaban J connectivity index is 4.71. The lowest BCUT2D eigenvalue weighted by atomic mass is 10.3. The van der Waals surface area contributed by atoms with Crippen LogP contribution < -0.4 is 0 Å². The second kappa shape index (κ2) is 3.21. The molecule has 72 valence electrons. The van der Waals surface area contributed by atoms with E-state index in [-0.39, 0.29) is 0 Å². The SMILES string of the molecule is COC(=O)C(F)(F)C(F)(F)OF. The molecule has 0 aliphatic carbocycles. The molecule has 3 nitrogen and oxygen atoms in total. The van der Waals surface area contributed by atoms with Crippen molar-refractivity contribution in [3.63, 3.8) is 0 Å². The highest BCUT2D eigenvalue weighted by Crippen LogP contribution is 2.36. The van der Waals surface area contributed by atoms with Crippen LogP contribution >= 0.6 is 0 Å². The van der Waals surface area contributed by atoms with Crippen molar-refractivity contribution in [2.45, 2.75) is 12.0 Å². The summed E-state index contributed by atoms with van der Waals surface area (Å²) in [4.78, 5) is 11.6. The first-order valence-electron chi connectivity index (χ1n) is 2.43. The van der Waals surface area contributed by atoms with Gasteiger partial charge in [0.25, 0.3) is 0 Å². The molecule has 0 rings (SSSR count).